The molecule has 0 radical (unpaired) electrons. The van der Waals surface area contributed by atoms with Crippen LogP contribution in [0.2, 0.25) is 0 Å². The van der Waals surface area contributed by atoms with Gasteiger partial charge in [0.25, 0.3) is 0 Å². The van der Waals surface area contributed by atoms with Gasteiger partial charge < -0.3 is 19.3 Å². The zero-order valence-corrected chi connectivity index (χ0v) is 18.5. The zero-order chi connectivity index (χ0) is 22.3. The number of fused-ring (bicyclic) bond motifs is 3. The molecule has 2 aliphatic carbocycles. The lowest BCUT2D eigenvalue weighted by atomic mass is 9.70. The molecule has 0 aromatic carbocycles. The number of nitrogens with zero attached hydrogens (tertiary/aromatic N) is 1. The number of aliphatic hydroxyl groups is 1. The van der Waals surface area contributed by atoms with E-state index >= 15 is 0 Å². The Labute approximate surface area is 182 Å². The van der Waals surface area contributed by atoms with Crippen molar-refractivity contribution in [2.75, 3.05) is 0 Å². The van der Waals surface area contributed by atoms with E-state index in [0.717, 1.165) is 56.9 Å². The molecule has 0 bridgehead atoms. The number of hydrogen-bond acceptors (Lipinski definition) is 7. The summed E-state index contributed by atoms with van der Waals surface area (Å²) in [6, 6.07) is -0.166. The second-order valence-corrected chi connectivity index (χ2v) is 9.47. The highest BCUT2D eigenvalue weighted by Crippen LogP contribution is 2.53. The van der Waals surface area contributed by atoms with Crippen molar-refractivity contribution in [1.29, 1.82) is 0 Å². The topological polar surface area (TPSA) is 102 Å². The van der Waals surface area contributed by atoms with E-state index in [-0.39, 0.29) is 35.8 Å². The third-order valence-electron chi connectivity index (χ3n) is 7.29. The first-order valence-corrected chi connectivity index (χ1v) is 11.6. The van der Waals surface area contributed by atoms with Crippen molar-refractivity contribution >= 4 is 18.0 Å². The molecule has 2 heterocycles. The fourth-order valence-corrected chi connectivity index (χ4v) is 5.70. The van der Waals surface area contributed by atoms with Gasteiger partial charge in [-0.2, -0.15) is 0 Å². The summed E-state index contributed by atoms with van der Waals surface area (Å²) >= 11 is 0. The van der Waals surface area contributed by atoms with Gasteiger partial charge in [0.1, 0.15) is 6.10 Å². The van der Waals surface area contributed by atoms with Crippen LogP contribution in [0.3, 0.4) is 0 Å². The fourth-order valence-electron chi connectivity index (χ4n) is 5.70. The van der Waals surface area contributed by atoms with Gasteiger partial charge in [0.2, 0.25) is 11.8 Å². The lowest BCUT2D eigenvalue weighted by Gasteiger charge is -2.47. The molecule has 3 fully saturated rings. The SMILES string of the molecule is CC1CCCC2C1=C(OC(=O)C(C)OC(=O)OC1CCCCC1)N1C(=O)C(C(C)O)C21. The lowest BCUT2D eigenvalue weighted by Crippen LogP contribution is -2.63. The van der Waals surface area contributed by atoms with Crippen molar-refractivity contribution < 1.29 is 33.7 Å². The molecule has 172 valence electrons. The van der Waals surface area contributed by atoms with E-state index in [4.69, 9.17) is 14.2 Å². The number of aliphatic hydroxyl groups excluding tert-OH is 1. The summed E-state index contributed by atoms with van der Waals surface area (Å²) < 4.78 is 16.1. The third kappa shape index (κ3) is 4.06. The van der Waals surface area contributed by atoms with Crippen LogP contribution in [0, 0.1) is 17.8 Å². The predicted molar refractivity (Wildman–Crippen MR) is 109 cm³/mol. The first-order chi connectivity index (χ1) is 14.8. The van der Waals surface area contributed by atoms with Crippen molar-refractivity contribution in [3.63, 3.8) is 0 Å². The molecule has 2 saturated carbocycles. The predicted octanol–water partition coefficient (Wildman–Crippen LogP) is 3.27. The van der Waals surface area contributed by atoms with Crippen LogP contribution in [0.1, 0.15) is 72.1 Å². The highest BCUT2D eigenvalue weighted by molar-refractivity contribution is 5.90. The first-order valence-electron chi connectivity index (χ1n) is 11.6. The minimum Gasteiger partial charge on any atom is -0.431 e. The standard InChI is InChI=1S/C23H33NO7/c1-12-8-7-11-16-17(12)21(24-19(16)18(13(2)25)20(24)26)31-22(27)14(3)29-23(28)30-15-9-5-4-6-10-15/h12-16,18-19,25H,4-11H2,1-3H3. The number of carbonyl (C=O) groups excluding carboxylic acids is 3. The maximum Gasteiger partial charge on any atom is 0.509 e. The van der Waals surface area contributed by atoms with Crippen molar-refractivity contribution in [2.45, 2.75) is 96.5 Å². The Morgan fingerprint density at radius 3 is 2.45 bits per heavy atom. The van der Waals surface area contributed by atoms with Gasteiger partial charge in [0.15, 0.2) is 6.10 Å². The van der Waals surface area contributed by atoms with Crippen LogP contribution in [0.5, 0.6) is 0 Å². The summed E-state index contributed by atoms with van der Waals surface area (Å²) in [6.45, 7) is 5.15. The highest BCUT2D eigenvalue weighted by atomic mass is 16.7. The number of ether oxygens (including phenoxy) is 3. The van der Waals surface area contributed by atoms with E-state index in [2.05, 4.69) is 6.92 Å². The highest BCUT2D eigenvalue weighted by Gasteiger charge is 2.61. The molecule has 0 spiro atoms. The Kier molecular flexibility index (Phi) is 6.28. The van der Waals surface area contributed by atoms with E-state index in [0.29, 0.717) is 0 Å². The normalized spacial score (nSPS) is 32.5. The summed E-state index contributed by atoms with van der Waals surface area (Å²) in [5.74, 6) is -0.861. The molecule has 1 amide bonds. The summed E-state index contributed by atoms with van der Waals surface area (Å²) in [4.78, 5) is 39.1. The second-order valence-electron chi connectivity index (χ2n) is 9.47. The molecule has 6 atom stereocenters. The van der Waals surface area contributed by atoms with Gasteiger partial charge in [-0.3, -0.25) is 9.69 Å². The summed E-state index contributed by atoms with van der Waals surface area (Å²) in [6.07, 6.45) is 4.77. The van der Waals surface area contributed by atoms with Crippen molar-refractivity contribution in [3.05, 3.63) is 11.5 Å². The smallest absolute Gasteiger partial charge is 0.431 e. The minimum absolute atomic E-state index is 0.0938. The van der Waals surface area contributed by atoms with E-state index < -0.39 is 30.3 Å². The van der Waals surface area contributed by atoms with Crippen molar-refractivity contribution in [1.82, 2.24) is 4.90 Å². The Bertz CT molecular complexity index is 770. The average Bonchev–Trinajstić information content (AvgIpc) is 2.98. The van der Waals surface area contributed by atoms with E-state index in [1.54, 1.807) is 6.92 Å². The van der Waals surface area contributed by atoms with Gasteiger partial charge in [0, 0.05) is 5.92 Å². The van der Waals surface area contributed by atoms with Crippen LogP contribution in [0.4, 0.5) is 4.79 Å². The van der Waals surface area contributed by atoms with E-state index in [1.807, 2.05) is 0 Å². The molecule has 8 heteroatoms. The molecule has 6 unspecified atom stereocenters. The first kappa shape index (κ1) is 22.1. The molecule has 1 saturated heterocycles. The van der Waals surface area contributed by atoms with Crippen LogP contribution in [-0.4, -0.2) is 52.4 Å². The number of amides is 1. The van der Waals surface area contributed by atoms with Crippen LogP contribution in [0.15, 0.2) is 11.5 Å². The van der Waals surface area contributed by atoms with Gasteiger partial charge in [-0.05, 0) is 63.9 Å². The molecule has 1 N–H and O–H groups in total. The van der Waals surface area contributed by atoms with Gasteiger partial charge in [0.05, 0.1) is 18.1 Å². The van der Waals surface area contributed by atoms with Gasteiger partial charge in [-0.25, -0.2) is 9.59 Å². The molecule has 8 nitrogen and oxygen atoms in total. The van der Waals surface area contributed by atoms with Crippen molar-refractivity contribution in [3.8, 4) is 0 Å². The van der Waals surface area contributed by atoms with E-state index in [1.165, 1.54) is 11.8 Å². The Hall–Kier alpha value is -2.09. The largest absolute Gasteiger partial charge is 0.509 e. The summed E-state index contributed by atoms with van der Waals surface area (Å²) in [7, 11) is 0. The maximum atomic E-state index is 12.7. The molecule has 0 aromatic rings. The number of rotatable bonds is 5. The number of β-lactam (4-membered cyclic amide) rings is 1. The van der Waals surface area contributed by atoms with Crippen LogP contribution >= 0.6 is 0 Å². The lowest BCUT2D eigenvalue weighted by molar-refractivity contribution is -0.169. The molecule has 2 aliphatic heterocycles. The molecule has 31 heavy (non-hydrogen) atoms. The molecule has 0 aromatic heterocycles. The third-order valence-corrected chi connectivity index (χ3v) is 7.29. The van der Waals surface area contributed by atoms with Gasteiger partial charge in [-0.15, -0.1) is 0 Å². The Balaban J connectivity index is 1.43. The second kappa shape index (κ2) is 8.81. The van der Waals surface area contributed by atoms with Crippen LogP contribution in [0.25, 0.3) is 0 Å². The maximum absolute atomic E-state index is 12.7. The van der Waals surface area contributed by atoms with Crippen LogP contribution in [-0.2, 0) is 23.8 Å². The van der Waals surface area contributed by atoms with Crippen LogP contribution < -0.4 is 0 Å². The number of carbonyl (C=O) groups is 3. The number of hydrogen-bond donors (Lipinski definition) is 1. The summed E-state index contributed by atoms with van der Waals surface area (Å²) in [5.41, 5.74) is 0.970. The zero-order valence-electron chi connectivity index (χ0n) is 18.5. The molecule has 4 rings (SSSR count). The number of esters is 1. The quantitative estimate of drug-likeness (QED) is 0.522. The monoisotopic (exact) mass is 435 g/mol. The van der Waals surface area contributed by atoms with Gasteiger partial charge in [-0.1, -0.05) is 19.8 Å². The molecule has 4 aliphatic rings. The average molecular weight is 436 g/mol. The van der Waals surface area contributed by atoms with Crippen molar-refractivity contribution in [2.24, 2.45) is 17.8 Å². The Morgan fingerprint density at radius 1 is 1.06 bits per heavy atom. The Morgan fingerprint density at radius 2 is 1.77 bits per heavy atom. The fraction of sp³-hybridized carbons (Fsp3) is 0.783. The summed E-state index contributed by atoms with van der Waals surface area (Å²) in [5, 5.41) is 10.1. The van der Waals surface area contributed by atoms with E-state index in [9.17, 15) is 19.5 Å². The molecular weight excluding hydrogens is 402 g/mol. The van der Waals surface area contributed by atoms with Gasteiger partial charge >= 0.3 is 12.1 Å². The molecular formula is C23H33NO7. The minimum atomic E-state index is -1.15.